The van der Waals surface area contributed by atoms with Crippen LogP contribution < -0.4 is 14.8 Å². The number of benzene rings is 3. The van der Waals surface area contributed by atoms with Crippen LogP contribution in [0.15, 0.2) is 72.9 Å². The Morgan fingerprint density at radius 3 is 2.60 bits per heavy atom. The molecule has 3 aromatic carbocycles. The number of aromatic nitrogens is 6. The average Bonchev–Trinajstić information content (AvgIpc) is 3.97. The summed E-state index contributed by atoms with van der Waals surface area (Å²) in [7, 11) is 5.42. The number of carboxylic acids is 1. The zero-order valence-electron chi connectivity index (χ0n) is 32.4. The second-order valence-corrected chi connectivity index (χ2v) is 15.0. The number of aromatic carboxylic acids is 1. The van der Waals surface area contributed by atoms with Crippen molar-refractivity contribution < 1.29 is 24.5 Å². The molecule has 0 fully saturated rings. The van der Waals surface area contributed by atoms with Crippen LogP contribution in [0.25, 0.3) is 32.9 Å². The molecule has 0 saturated heterocycles. The van der Waals surface area contributed by atoms with Crippen molar-refractivity contribution in [3.8, 4) is 22.6 Å². The molecule has 0 unspecified atom stereocenters. The number of aliphatic hydroxyl groups excluding tert-OH is 1. The zero-order chi connectivity index (χ0) is 39.6. The minimum Gasteiger partial charge on any atom is -0.497 e. The predicted molar refractivity (Wildman–Crippen MR) is 220 cm³/mol. The summed E-state index contributed by atoms with van der Waals surface area (Å²) in [6.07, 6.45) is 6.14. The third-order valence-corrected chi connectivity index (χ3v) is 11.3. The van der Waals surface area contributed by atoms with Crippen molar-refractivity contribution in [3.63, 3.8) is 0 Å². The molecule has 57 heavy (non-hydrogen) atoms. The maximum atomic E-state index is 12.5. The van der Waals surface area contributed by atoms with Gasteiger partial charge in [0.15, 0.2) is 0 Å². The number of nitrogens with zero attached hydrogens (tertiary/aromatic N) is 6. The first-order valence-corrected chi connectivity index (χ1v) is 19.7. The molecule has 0 saturated carbocycles. The van der Waals surface area contributed by atoms with Crippen LogP contribution in [0.1, 0.15) is 62.8 Å². The topological polar surface area (TPSA) is 141 Å². The van der Waals surface area contributed by atoms with Crippen molar-refractivity contribution in [2.24, 2.45) is 14.1 Å². The maximum Gasteiger partial charge on any atom is 0.352 e. The van der Waals surface area contributed by atoms with Gasteiger partial charge in [0.1, 0.15) is 29.3 Å². The first kappa shape index (κ1) is 38.2. The molecule has 0 atom stereocenters. The number of fused-ring (bicyclic) bond motifs is 3. The molecule has 0 bridgehead atoms. The van der Waals surface area contributed by atoms with Crippen LogP contribution in [0.5, 0.6) is 11.5 Å². The van der Waals surface area contributed by atoms with E-state index in [-0.39, 0.29) is 12.3 Å². The first-order valence-electron chi connectivity index (χ1n) is 19.3. The van der Waals surface area contributed by atoms with Gasteiger partial charge < -0.3 is 29.6 Å². The van der Waals surface area contributed by atoms with E-state index < -0.39 is 5.97 Å². The summed E-state index contributed by atoms with van der Waals surface area (Å²) < 4.78 is 17.4. The Morgan fingerprint density at radius 1 is 0.965 bits per heavy atom. The Morgan fingerprint density at radius 2 is 1.81 bits per heavy atom. The number of hydrogen-bond donors (Lipinski definition) is 3. The largest absolute Gasteiger partial charge is 0.497 e. The van der Waals surface area contributed by atoms with E-state index in [1.165, 1.54) is 0 Å². The fraction of sp³-hybridized carbons (Fsp3) is 0.318. The molecule has 0 aliphatic carbocycles. The van der Waals surface area contributed by atoms with Crippen molar-refractivity contribution in [2.45, 2.75) is 64.8 Å². The molecule has 1 aliphatic rings. The number of hydrogen-bond acceptors (Lipinski definition) is 8. The second-order valence-electron chi connectivity index (χ2n) is 14.6. The van der Waals surface area contributed by atoms with Gasteiger partial charge in [0, 0.05) is 79.8 Å². The summed E-state index contributed by atoms with van der Waals surface area (Å²) in [6, 6.07) is 22.1. The van der Waals surface area contributed by atoms with Gasteiger partial charge in [-0.05, 0) is 97.7 Å². The van der Waals surface area contributed by atoms with Crippen LogP contribution in [0.2, 0.25) is 5.02 Å². The lowest BCUT2D eigenvalue weighted by atomic mass is 9.97. The highest BCUT2D eigenvalue weighted by Crippen LogP contribution is 2.43. The van der Waals surface area contributed by atoms with E-state index in [0.717, 1.165) is 111 Å². The first-order chi connectivity index (χ1) is 27.7. The third kappa shape index (κ3) is 7.60. The molecule has 8 rings (SSSR count). The van der Waals surface area contributed by atoms with E-state index in [0.29, 0.717) is 43.1 Å². The van der Waals surface area contributed by atoms with Gasteiger partial charge in [-0.1, -0.05) is 35.9 Å². The van der Waals surface area contributed by atoms with Crippen molar-refractivity contribution in [1.29, 1.82) is 0 Å². The predicted octanol–water partition coefficient (Wildman–Crippen LogP) is 7.21. The van der Waals surface area contributed by atoms with E-state index >= 15 is 0 Å². The molecule has 5 heterocycles. The molecule has 12 nitrogen and oxygen atoms in total. The Balaban J connectivity index is 0.990. The standard InChI is InChI=1S/C44H46ClN7O5/c1-50-42-34(33(8-6-20-53)43(50)44(54)55)16-17-35(45)39(42)40-36(49-52-19-5-9-37(40)52)25-46-24-30-23-31(51(2)48-30)13-10-28-21-29-7-4-18-47-41(29)38(22-28)57-26-27-11-14-32(56-3)15-12-27/h4,7,11-12,14-18,21-23,46,53H,5-6,8-10,13,19-20,24-26H2,1-3H3,(H,54,55). The monoisotopic (exact) mass is 787 g/mol. The molecular weight excluding hydrogens is 742 g/mol. The summed E-state index contributed by atoms with van der Waals surface area (Å²) >= 11 is 7.01. The number of halogens is 1. The summed E-state index contributed by atoms with van der Waals surface area (Å²) in [4.78, 5) is 17.1. The van der Waals surface area contributed by atoms with Gasteiger partial charge in [-0.2, -0.15) is 10.2 Å². The van der Waals surface area contributed by atoms with Crippen molar-refractivity contribution >= 4 is 39.4 Å². The lowest BCUT2D eigenvalue weighted by Crippen LogP contribution is -2.15. The summed E-state index contributed by atoms with van der Waals surface area (Å²) in [5.41, 5.74) is 10.5. The number of carbonyl (C=O) groups is 1. The summed E-state index contributed by atoms with van der Waals surface area (Å²) in [6.45, 7) is 2.24. The van der Waals surface area contributed by atoms with E-state index in [2.05, 4.69) is 39.2 Å². The van der Waals surface area contributed by atoms with Crippen LogP contribution in [0.3, 0.4) is 0 Å². The van der Waals surface area contributed by atoms with Crippen molar-refractivity contribution in [3.05, 3.63) is 123 Å². The molecular formula is C44H46ClN7O5. The van der Waals surface area contributed by atoms with Crippen LogP contribution in [0.4, 0.5) is 0 Å². The van der Waals surface area contributed by atoms with Crippen molar-refractivity contribution in [1.82, 2.24) is 34.4 Å². The Labute approximate surface area is 335 Å². The van der Waals surface area contributed by atoms with Gasteiger partial charge >= 0.3 is 5.97 Å². The molecule has 0 radical (unpaired) electrons. The fourth-order valence-corrected chi connectivity index (χ4v) is 8.49. The van der Waals surface area contributed by atoms with E-state index in [9.17, 15) is 15.0 Å². The molecule has 13 heteroatoms. The molecule has 1 aliphatic heterocycles. The number of aryl methyl sites for hydroxylation is 6. The minimum atomic E-state index is -1.00. The van der Waals surface area contributed by atoms with Crippen LogP contribution in [0, 0.1) is 0 Å². The van der Waals surface area contributed by atoms with Crippen LogP contribution in [-0.4, -0.2) is 59.0 Å². The molecule has 0 amide bonds. The highest BCUT2D eigenvalue weighted by molar-refractivity contribution is 6.35. The van der Waals surface area contributed by atoms with Gasteiger partial charge in [0.2, 0.25) is 0 Å². The van der Waals surface area contributed by atoms with Crippen LogP contribution in [-0.2, 0) is 66.0 Å². The number of ether oxygens (including phenoxy) is 2. The van der Waals surface area contributed by atoms with E-state index in [1.807, 2.05) is 54.2 Å². The third-order valence-electron chi connectivity index (χ3n) is 10.9. The van der Waals surface area contributed by atoms with E-state index in [4.69, 9.17) is 31.3 Å². The van der Waals surface area contributed by atoms with Gasteiger partial charge in [0.25, 0.3) is 0 Å². The fourth-order valence-electron chi connectivity index (χ4n) is 8.25. The van der Waals surface area contributed by atoms with Crippen molar-refractivity contribution in [2.75, 3.05) is 13.7 Å². The molecule has 7 aromatic rings. The molecule has 294 valence electrons. The Hall–Kier alpha value is -5.69. The normalized spacial score (nSPS) is 12.5. The molecule has 3 N–H and O–H groups in total. The van der Waals surface area contributed by atoms with Gasteiger partial charge in [-0.3, -0.25) is 14.3 Å². The average molecular weight is 788 g/mol. The summed E-state index contributed by atoms with van der Waals surface area (Å²) in [5.74, 6) is 0.561. The molecule has 0 spiro atoms. The minimum absolute atomic E-state index is 0.0221. The number of carboxylic acid groups (broad SMARTS) is 1. The quantitative estimate of drug-likeness (QED) is 0.0927. The Kier molecular flexibility index (Phi) is 11.0. The maximum absolute atomic E-state index is 12.5. The lowest BCUT2D eigenvalue weighted by molar-refractivity contribution is 0.0685. The van der Waals surface area contributed by atoms with Gasteiger partial charge in [-0.15, -0.1) is 0 Å². The smallest absolute Gasteiger partial charge is 0.352 e. The number of nitrogens with one attached hydrogen (secondary N) is 1. The van der Waals surface area contributed by atoms with E-state index in [1.54, 1.807) is 24.9 Å². The zero-order valence-corrected chi connectivity index (χ0v) is 33.1. The highest BCUT2D eigenvalue weighted by Gasteiger charge is 2.29. The number of pyridine rings is 1. The highest BCUT2D eigenvalue weighted by atomic mass is 35.5. The molecule has 4 aromatic heterocycles. The number of aliphatic hydroxyl groups is 1. The Bertz CT molecular complexity index is 2590. The second kappa shape index (κ2) is 16.4. The number of rotatable bonds is 16. The van der Waals surface area contributed by atoms with Crippen LogP contribution >= 0.6 is 11.6 Å². The SMILES string of the molecule is COc1ccc(COc2cc(CCc3cc(CNCc4nn5c(c4-c4c(Cl)ccc6c(CCCO)c(C(=O)O)n(C)c46)CCC5)nn3C)cc3cccnc23)cc1. The summed E-state index contributed by atoms with van der Waals surface area (Å²) in [5, 5.41) is 35.7. The number of methoxy groups -OCH3 is 1. The lowest BCUT2D eigenvalue weighted by Gasteiger charge is -2.12. The van der Waals surface area contributed by atoms with Gasteiger partial charge in [-0.25, -0.2) is 4.79 Å². The van der Waals surface area contributed by atoms with Gasteiger partial charge in [0.05, 0.1) is 29.0 Å².